The zero-order chi connectivity index (χ0) is 18.6. The molecule has 1 aromatic carbocycles. The van der Waals surface area contributed by atoms with Gasteiger partial charge in [-0.05, 0) is 19.1 Å². The smallest absolute Gasteiger partial charge is 0.324 e. The molecule has 27 heavy (non-hydrogen) atoms. The minimum absolute atomic E-state index is 0.0427. The molecule has 0 unspecified atom stereocenters. The fraction of sp³-hybridized carbons (Fsp3) is 0.421. The summed E-state index contributed by atoms with van der Waals surface area (Å²) < 4.78 is 5.64. The van der Waals surface area contributed by atoms with Gasteiger partial charge in [0.2, 0.25) is 0 Å². The molecular formula is C19H20ClN5O2. The predicted molar refractivity (Wildman–Crippen MR) is 103 cm³/mol. The van der Waals surface area contributed by atoms with E-state index in [0.29, 0.717) is 23.9 Å². The maximum Gasteiger partial charge on any atom is 0.324 e. The maximum atomic E-state index is 13.0. The van der Waals surface area contributed by atoms with Crippen molar-refractivity contribution in [2.75, 3.05) is 49.1 Å². The van der Waals surface area contributed by atoms with Gasteiger partial charge in [-0.25, -0.2) is 9.78 Å². The molecule has 0 aliphatic carbocycles. The molecule has 0 N–H and O–H groups in total. The van der Waals surface area contributed by atoms with Gasteiger partial charge < -0.3 is 14.5 Å². The molecule has 0 saturated carbocycles. The minimum Gasteiger partial charge on any atom is -0.489 e. The highest BCUT2D eigenvalue weighted by Crippen LogP contribution is 2.43. The molecule has 3 aliphatic rings. The Balaban J connectivity index is 1.22. The number of benzene rings is 1. The first kappa shape index (κ1) is 16.6. The third-order valence-corrected chi connectivity index (χ3v) is 5.72. The van der Waals surface area contributed by atoms with Gasteiger partial charge in [-0.2, -0.15) is 0 Å². The number of rotatable bonds is 1. The summed E-state index contributed by atoms with van der Waals surface area (Å²) in [4.78, 5) is 27.7. The van der Waals surface area contributed by atoms with E-state index < -0.39 is 0 Å². The van der Waals surface area contributed by atoms with Gasteiger partial charge in [0, 0.05) is 42.7 Å². The zero-order valence-electron chi connectivity index (χ0n) is 15.1. The highest BCUT2D eigenvalue weighted by molar-refractivity contribution is 6.30. The van der Waals surface area contributed by atoms with Crippen molar-refractivity contribution in [2.45, 2.75) is 6.92 Å². The van der Waals surface area contributed by atoms with Crippen LogP contribution in [0.25, 0.3) is 0 Å². The average Bonchev–Trinajstić information content (AvgIpc) is 2.59. The van der Waals surface area contributed by atoms with Crippen molar-refractivity contribution >= 4 is 29.1 Å². The van der Waals surface area contributed by atoms with Gasteiger partial charge in [0.25, 0.3) is 0 Å². The van der Waals surface area contributed by atoms with Crippen LogP contribution in [0, 0.1) is 12.3 Å². The van der Waals surface area contributed by atoms with Crippen LogP contribution in [0.3, 0.4) is 0 Å². The van der Waals surface area contributed by atoms with Crippen molar-refractivity contribution < 1.29 is 9.53 Å². The Morgan fingerprint density at radius 1 is 1.19 bits per heavy atom. The molecule has 0 radical (unpaired) electrons. The Morgan fingerprint density at radius 3 is 2.74 bits per heavy atom. The molecule has 4 heterocycles. The van der Waals surface area contributed by atoms with Crippen LogP contribution in [0.4, 0.5) is 16.3 Å². The van der Waals surface area contributed by atoms with E-state index in [2.05, 4.69) is 14.9 Å². The third kappa shape index (κ3) is 2.77. The predicted octanol–water partition coefficient (Wildman–Crippen LogP) is 2.58. The molecule has 2 fully saturated rings. The largest absolute Gasteiger partial charge is 0.489 e. The van der Waals surface area contributed by atoms with Crippen molar-refractivity contribution in [3.8, 4) is 5.75 Å². The summed E-state index contributed by atoms with van der Waals surface area (Å²) in [5, 5.41) is 0.611. The molecule has 1 spiro atoms. The Bertz CT molecular complexity index is 889. The normalized spacial score (nSPS) is 19.9. The number of ether oxygens (including phenoxy) is 1. The topological polar surface area (TPSA) is 61.8 Å². The Morgan fingerprint density at radius 2 is 2.00 bits per heavy atom. The molecule has 7 nitrogen and oxygen atoms in total. The van der Waals surface area contributed by atoms with Crippen LogP contribution in [0.15, 0.2) is 30.6 Å². The number of halogens is 1. The van der Waals surface area contributed by atoms with Crippen LogP contribution in [0.1, 0.15) is 5.69 Å². The number of hydrogen-bond acceptors (Lipinski definition) is 5. The summed E-state index contributed by atoms with van der Waals surface area (Å²) in [6, 6.07) is 5.45. The first-order chi connectivity index (χ1) is 13.0. The Hall–Kier alpha value is -2.54. The van der Waals surface area contributed by atoms with Gasteiger partial charge in [-0.1, -0.05) is 11.6 Å². The lowest BCUT2D eigenvalue weighted by molar-refractivity contribution is 0.00925. The number of urea groups is 1. The van der Waals surface area contributed by atoms with Crippen LogP contribution in [0.2, 0.25) is 5.02 Å². The van der Waals surface area contributed by atoms with Crippen molar-refractivity contribution in [1.82, 2.24) is 14.9 Å². The number of nitrogens with zero attached hydrogens (tertiary/aromatic N) is 5. The standard InChI is InChI=1S/C19H20ClN5O2/c1-13-7-22-17(8-21-13)23-9-19(10-23)11-24(12-19)18(26)25-4-5-27-16-6-14(20)2-3-15(16)25/h2-3,6-8H,4-5,9-12H2,1H3. The van der Waals surface area contributed by atoms with Crippen molar-refractivity contribution in [2.24, 2.45) is 5.41 Å². The van der Waals surface area contributed by atoms with Gasteiger partial charge in [0.05, 0.1) is 30.3 Å². The fourth-order valence-electron chi connectivity index (χ4n) is 4.14. The summed E-state index contributed by atoms with van der Waals surface area (Å²) >= 11 is 6.03. The lowest BCUT2D eigenvalue weighted by atomic mass is 9.73. The van der Waals surface area contributed by atoms with E-state index in [1.54, 1.807) is 23.2 Å². The van der Waals surface area contributed by atoms with E-state index >= 15 is 0 Å². The number of amides is 2. The molecule has 5 rings (SSSR count). The van der Waals surface area contributed by atoms with E-state index in [9.17, 15) is 4.79 Å². The molecular weight excluding hydrogens is 366 g/mol. The van der Waals surface area contributed by atoms with E-state index in [4.69, 9.17) is 16.3 Å². The molecule has 2 saturated heterocycles. The summed E-state index contributed by atoms with van der Waals surface area (Å²) in [5.41, 5.74) is 1.90. The molecule has 1 aromatic heterocycles. The van der Waals surface area contributed by atoms with Crippen LogP contribution in [-0.2, 0) is 0 Å². The lowest BCUT2D eigenvalue weighted by Gasteiger charge is -2.60. The van der Waals surface area contributed by atoms with Crippen LogP contribution in [0.5, 0.6) is 5.75 Å². The Kier molecular flexibility index (Phi) is 3.69. The Labute approximate surface area is 162 Å². The number of anilines is 2. The maximum absolute atomic E-state index is 13.0. The number of fused-ring (bicyclic) bond motifs is 1. The highest BCUT2D eigenvalue weighted by Gasteiger charge is 2.54. The number of carbonyl (C=O) groups is 1. The van der Waals surface area contributed by atoms with E-state index in [1.807, 2.05) is 24.1 Å². The van der Waals surface area contributed by atoms with Gasteiger partial charge in [-0.15, -0.1) is 0 Å². The molecule has 0 bridgehead atoms. The SMILES string of the molecule is Cc1cnc(N2CC3(CN(C(=O)N4CCOc5cc(Cl)ccc54)C3)C2)cn1. The average molecular weight is 386 g/mol. The van der Waals surface area contributed by atoms with E-state index in [0.717, 1.165) is 43.4 Å². The second-order valence-electron chi connectivity index (χ2n) is 7.62. The van der Waals surface area contributed by atoms with Crippen LogP contribution in [-0.4, -0.2) is 60.2 Å². The van der Waals surface area contributed by atoms with Crippen LogP contribution < -0.4 is 14.5 Å². The first-order valence-corrected chi connectivity index (χ1v) is 9.43. The number of carbonyl (C=O) groups excluding carboxylic acids is 1. The molecule has 0 atom stereocenters. The van der Waals surface area contributed by atoms with E-state index in [-0.39, 0.29) is 11.4 Å². The number of aryl methyl sites for hydroxylation is 1. The number of aromatic nitrogens is 2. The van der Waals surface area contributed by atoms with Gasteiger partial charge in [-0.3, -0.25) is 9.88 Å². The third-order valence-electron chi connectivity index (χ3n) is 5.48. The minimum atomic E-state index is 0.0427. The summed E-state index contributed by atoms with van der Waals surface area (Å²) in [6.45, 7) is 6.37. The molecule has 140 valence electrons. The fourth-order valence-corrected chi connectivity index (χ4v) is 4.30. The van der Waals surface area contributed by atoms with Crippen molar-refractivity contribution in [3.05, 3.63) is 41.3 Å². The van der Waals surface area contributed by atoms with Crippen molar-refractivity contribution in [1.29, 1.82) is 0 Å². The first-order valence-electron chi connectivity index (χ1n) is 9.05. The lowest BCUT2D eigenvalue weighted by Crippen LogP contribution is -2.74. The van der Waals surface area contributed by atoms with Gasteiger partial charge in [0.1, 0.15) is 18.2 Å². The number of hydrogen-bond donors (Lipinski definition) is 0. The molecule has 3 aliphatic heterocycles. The summed E-state index contributed by atoms with van der Waals surface area (Å²) in [5.74, 6) is 1.58. The second-order valence-corrected chi connectivity index (χ2v) is 8.06. The summed E-state index contributed by atoms with van der Waals surface area (Å²) in [6.07, 6.45) is 3.61. The number of likely N-dealkylation sites (tertiary alicyclic amines) is 1. The van der Waals surface area contributed by atoms with Gasteiger partial charge >= 0.3 is 6.03 Å². The second kappa shape index (κ2) is 5.99. The van der Waals surface area contributed by atoms with Gasteiger partial charge in [0.15, 0.2) is 0 Å². The summed E-state index contributed by atoms with van der Waals surface area (Å²) in [7, 11) is 0. The molecule has 8 heteroatoms. The van der Waals surface area contributed by atoms with E-state index in [1.165, 1.54) is 0 Å². The zero-order valence-corrected chi connectivity index (χ0v) is 15.8. The molecule has 2 amide bonds. The quantitative estimate of drug-likeness (QED) is 0.755. The highest BCUT2D eigenvalue weighted by atomic mass is 35.5. The van der Waals surface area contributed by atoms with Crippen LogP contribution >= 0.6 is 11.6 Å². The molecule has 2 aromatic rings. The van der Waals surface area contributed by atoms with Crippen molar-refractivity contribution in [3.63, 3.8) is 0 Å². The monoisotopic (exact) mass is 385 g/mol.